The number of halogens is 3. The molecular formula is C32H28F3N3O2. The molecule has 1 aliphatic rings. The first-order valence-corrected chi connectivity index (χ1v) is 13.0. The number of aliphatic hydroxyl groups is 1. The van der Waals surface area contributed by atoms with Crippen LogP contribution in [0.3, 0.4) is 0 Å². The summed E-state index contributed by atoms with van der Waals surface area (Å²) in [5.74, 6) is -2.52. The van der Waals surface area contributed by atoms with Gasteiger partial charge < -0.3 is 15.7 Å². The van der Waals surface area contributed by atoms with Crippen molar-refractivity contribution in [2.45, 2.75) is 31.9 Å². The average Bonchev–Trinajstić information content (AvgIpc) is 3.24. The topological polar surface area (TPSA) is 73.7 Å². The molecule has 0 aromatic heterocycles. The molecule has 40 heavy (non-hydrogen) atoms. The highest BCUT2D eigenvalue weighted by molar-refractivity contribution is 5.96. The molecule has 4 aromatic rings. The van der Waals surface area contributed by atoms with Crippen LogP contribution in [-0.2, 0) is 12.8 Å². The Kier molecular flexibility index (Phi) is 7.98. The van der Waals surface area contributed by atoms with Crippen LogP contribution in [-0.4, -0.2) is 29.5 Å². The van der Waals surface area contributed by atoms with E-state index in [9.17, 15) is 23.1 Å². The Hall–Kier alpha value is -4.43. The van der Waals surface area contributed by atoms with Gasteiger partial charge >= 0.3 is 0 Å². The smallest absolute Gasteiger partial charge is 0.257 e. The fourth-order valence-corrected chi connectivity index (χ4v) is 4.93. The van der Waals surface area contributed by atoms with Crippen LogP contribution in [0.25, 0.3) is 11.1 Å². The van der Waals surface area contributed by atoms with Gasteiger partial charge in [-0.3, -0.25) is 9.79 Å². The van der Waals surface area contributed by atoms with Crippen molar-refractivity contribution >= 4 is 17.4 Å². The van der Waals surface area contributed by atoms with Crippen molar-refractivity contribution in [1.29, 1.82) is 0 Å². The van der Waals surface area contributed by atoms with E-state index in [1.165, 1.54) is 12.1 Å². The summed E-state index contributed by atoms with van der Waals surface area (Å²) in [5, 5.41) is 16.5. The number of hydrogen-bond donors (Lipinski definition) is 3. The van der Waals surface area contributed by atoms with E-state index in [-0.39, 0.29) is 5.82 Å². The van der Waals surface area contributed by atoms with Gasteiger partial charge in [0, 0.05) is 18.7 Å². The van der Waals surface area contributed by atoms with E-state index < -0.39 is 35.3 Å². The summed E-state index contributed by atoms with van der Waals surface area (Å²) >= 11 is 0. The van der Waals surface area contributed by atoms with Crippen molar-refractivity contribution in [3.63, 3.8) is 0 Å². The molecule has 0 saturated heterocycles. The van der Waals surface area contributed by atoms with E-state index in [1.807, 2.05) is 19.1 Å². The highest BCUT2D eigenvalue weighted by atomic mass is 19.1. The molecule has 0 unspecified atom stereocenters. The van der Waals surface area contributed by atoms with Gasteiger partial charge in [-0.15, -0.1) is 0 Å². The number of nitrogens with zero attached hydrogens (tertiary/aromatic N) is 1. The number of nitrogens with one attached hydrogen (secondary N) is 2. The van der Waals surface area contributed by atoms with Crippen LogP contribution < -0.4 is 10.6 Å². The zero-order valence-electron chi connectivity index (χ0n) is 21.8. The molecule has 0 spiro atoms. The number of rotatable bonds is 7. The summed E-state index contributed by atoms with van der Waals surface area (Å²) in [6.07, 6.45) is 0.00120. The number of hydrogen-bond acceptors (Lipinski definition) is 3. The van der Waals surface area contributed by atoms with Gasteiger partial charge in [0.25, 0.3) is 5.91 Å². The second kappa shape index (κ2) is 11.8. The van der Waals surface area contributed by atoms with Crippen molar-refractivity contribution in [3.05, 3.63) is 125 Å². The summed E-state index contributed by atoms with van der Waals surface area (Å²) in [6.45, 7) is 2.32. The van der Waals surface area contributed by atoms with E-state index >= 15 is 0 Å². The predicted octanol–water partition coefficient (Wildman–Crippen LogP) is 6.23. The molecule has 0 heterocycles. The fourth-order valence-electron chi connectivity index (χ4n) is 4.93. The first-order valence-electron chi connectivity index (χ1n) is 13.0. The van der Waals surface area contributed by atoms with Crippen LogP contribution in [0.5, 0.6) is 0 Å². The van der Waals surface area contributed by atoms with Gasteiger partial charge in [-0.2, -0.15) is 0 Å². The largest absolute Gasteiger partial charge is 0.390 e. The lowest BCUT2D eigenvalue weighted by Gasteiger charge is -2.19. The van der Waals surface area contributed by atoms with Gasteiger partial charge in [0.15, 0.2) is 0 Å². The van der Waals surface area contributed by atoms with Crippen molar-refractivity contribution in [1.82, 2.24) is 5.32 Å². The number of carbonyl (C=O) groups excluding carboxylic acids is 1. The first-order chi connectivity index (χ1) is 19.3. The Labute approximate surface area is 230 Å². The van der Waals surface area contributed by atoms with Crippen LogP contribution in [0, 0.1) is 17.5 Å². The van der Waals surface area contributed by atoms with Gasteiger partial charge in [0.2, 0.25) is 0 Å². The Morgan fingerprint density at radius 2 is 1.62 bits per heavy atom. The third-order valence-electron chi connectivity index (χ3n) is 6.95. The van der Waals surface area contributed by atoms with Crippen molar-refractivity contribution in [3.8, 4) is 11.1 Å². The molecule has 0 saturated carbocycles. The lowest BCUT2D eigenvalue weighted by Crippen LogP contribution is -2.35. The summed E-state index contributed by atoms with van der Waals surface area (Å²) < 4.78 is 43.0. The van der Waals surface area contributed by atoms with Gasteiger partial charge in [-0.05, 0) is 77.6 Å². The van der Waals surface area contributed by atoms with Crippen LogP contribution in [0.1, 0.15) is 40.0 Å². The fraction of sp³-hybridized carbons (Fsp3) is 0.188. The van der Waals surface area contributed by atoms with Crippen LogP contribution in [0.15, 0.2) is 89.9 Å². The third kappa shape index (κ3) is 6.07. The standard InChI is InChI=1S/C32H28F3N3O2/c1-19(36-14-13-20-7-10-24(33)11-8-20)37-25-12-9-22-17-29(39)31(26(22)18-25)38-32(40)30-27(34)15-23(16-28(30)35)21-5-3-2-4-6-21/h2-12,15-16,18,29,31,39H,13-14,17H2,1H3,(H,36,37)(H,38,40)/t29-,31-/m1/s1. The minimum absolute atomic E-state index is 0.280. The highest BCUT2D eigenvalue weighted by Gasteiger charge is 2.34. The molecule has 0 aliphatic heterocycles. The Balaban J connectivity index is 1.28. The molecule has 0 fully saturated rings. The molecule has 0 radical (unpaired) electrons. The van der Waals surface area contributed by atoms with Crippen LogP contribution in [0.2, 0.25) is 0 Å². The van der Waals surface area contributed by atoms with E-state index in [1.54, 1.807) is 48.5 Å². The second-order valence-corrected chi connectivity index (χ2v) is 9.79. The number of anilines is 1. The SMILES string of the molecule is CC(=NCCc1ccc(F)cc1)Nc1ccc2c(c1)[C@@H](NC(=O)c1c(F)cc(-c3ccccc3)cc1F)[C@H](O)C2. The lowest BCUT2D eigenvalue weighted by atomic mass is 10.0. The van der Waals surface area contributed by atoms with E-state index in [2.05, 4.69) is 15.6 Å². The molecule has 8 heteroatoms. The number of carbonyl (C=O) groups is 1. The first kappa shape index (κ1) is 27.1. The average molecular weight is 544 g/mol. The van der Waals surface area contributed by atoms with Gasteiger partial charge in [0.05, 0.1) is 18.0 Å². The number of aliphatic imine (C=N–C) groups is 1. The van der Waals surface area contributed by atoms with Crippen molar-refractivity contribution < 1.29 is 23.1 Å². The zero-order chi connectivity index (χ0) is 28.2. The molecule has 5 rings (SSSR count). The number of amides is 1. The van der Waals surface area contributed by atoms with E-state index in [0.29, 0.717) is 47.6 Å². The summed E-state index contributed by atoms with van der Waals surface area (Å²) in [4.78, 5) is 17.5. The Morgan fingerprint density at radius 3 is 2.33 bits per heavy atom. The summed E-state index contributed by atoms with van der Waals surface area (Å²) in [7, 11) is 0. The minimum Gasteiger partial charge on any atom is -0.390 e. The maximum atomic E-state index is 14.9. The molecule has 1 aliphatic carbocycles. The lowest BCUT2D eigenvalue weighted by molar-refractivity contribution is 0.0850. The van der Waals surface area contributed by atoms with E-state index in [0.717, 1.165) is 23.3 Å². The highest BCUT2D eigenvalue weighted by Crippen LogP contribution is 2.34. The molecular weight excluding hydrogens is 515 g/mol. The third-order valence-corrected chi connectivity index (χ3v) is 6.95. The van der Waals surface area contributed by atoms with E-state index in [4.69, 9.17) is 0 Å². The second-order valence-electron chi connectivity index (χ2n) is 9.79. The molecule has 5 nitrogen and oxygen atoms in total. The predicted molar refractivity (Wildman–Crippen MR) is 150 cm³/mol. The van der Waals surface area contributed by atoms with Crippen molar-refractivity contribution in [2.75, 3.05) is 11.9 Å². The van der Waals surface area contributed by atoms with Gasteiger partial charge in [-0.1, -0.05) is 48.5 Å². The summed E-state index contributed by atoms with van der Waals surface area (Å²) in [6, 6.07) is 22.0. The molecule has 1 amide bonds. The van der Waals surface area contributed by atoms with Crippen LogP contribution >= 0.6 is 0 Å². The monoisotopic (exact) mass is 543 g/mol. The maximum absolute atomic E-state index is 14.9. The minimum atomic E-state index is -0.980. The number of amidine groups is 1. The Bertz CT molecular complexity index is 1530. The Morgan fingerprint density at radius 1 is 0.925 bits per heavy atom. The normalized spacial score (nSPS) is 16.5. The quantitative estimate of drug-likeness (QED) is 0.191. The molecule has 204 valence electrons. The van der Waals surface area contributed by atoms with Gasteiger partial charge in [-0.25, -0.2) is 13.2 Å². The molecule has 3 N–H and O–H groups in total. The van der Waals surface area contributed by atoms with Crippen LogP contribution in [0.4, 0.5) is 18.9 Å². The number of fused-ring (bicyclic) bond motifs is 1. The summed E-state index contributed by atoms with van der Waals surface area (Å²) in [5.41, 5.74) is 3.41. The molecule has 4 aromatic carbocycles. The van der Waals surface area contributed by atoms with Gasteiger partial charge in [0.1, 0.15) is 23.0 Å². The molecule has 0 bridgehead atoms. The number of aliphatic hydroxyl groups excluding tert-OH is 1. The zero-order valence-corrected chi connectivity index (χ0v) is 21.8. The molecule has 2 atom stereocenters. The maximum Gasteiger partial charge on any atom is 0.257 e. The van der Waals surface area contributed by atoms with Crippen molar-refractivity contribution in [2.24, 2.45) is 4.99 Å². The number of benzene rings is 4.